The summed E-state index contributed by atoms with van der Waals surface area (Å²) in [5.41, 5.74) is 6.48. The summed E-state index contributed by atoms with van der Waals surface area (Å²) in [6.07, 6.45) is 4.55. The minimum absolute atomic E-state index is 0.0678. The summed E-state index contributed by atoms with van der Waals surface area (Å²) in [5, 5.41) is 12.2. The molecule has 0 saturated carbocycles. The first kappa shape index (κ1) is 22.8. The molecule has 0 atom stereocenters. The first-order valence-electron chi connectivity index (χ1n) is 11.7. The molecule has 0 unspecified atom stereocenters. The van der Waals surface area contributed by atoms with Crippen molar-refractivity contribution >= 4 is 17.3 Å². The van der Waals surface area contributed by atoms with E-state index in [1.807, 2.05) is 6.07 Å². The van der Waals surface area contributed by atoms with Gasteiger partial charge in [0.25, 0.3) is 0 Å². The van der Waals surface area contributed by atoms with Crippen LogP contribution >= 0.6 is 0 Å². The molecule has 1 aliphatic rings. The number of fused-ring (bicyclic) bond motifs is 1. The summed E-state index contributed by atoms with van der Waals surface area (Å²) in [7, 11) is 0. The van der Waals surface area contributed by atoms with Crippen LogP contribution in [0.5, 0.6) is 0 Å². The third kappa shape index (κ3) is 6.13. The minimum atomic E-state index is -0.917. The van der Waals surface area contributed by atoms with Crippen LogP contribution in [0.3, 0.4) is 0 Å². The molecular formula is C28H31FN2O2. The van der Waals surface area contributed by atoms with E-state index in [9.17, 15) is 9.18 Å². The van der Waals surface area contributed by atoms with Crippen molar-refractivity contribution in [2.75, 3.05) is 23.3 Å². The number of benzene rings is 3. The van der Waals surface area contributed by atoms with Crippen LogP contribution in [0.4, 0.5) is 15.8 Å². The van der Waals surface area contributed by atoms with Crippen molar-refractivity contribution in [2.45, 2.75) is 45.1 Å². The number of hydrogen-bond donors (Lipinski definition) is 2. The summed E-state index contributed by atoms with van der Waals surface area (Å²) in [5.74, 6) is -1.28. The second kappa shape index (κ2) is 11.0. The zero-order chi connectivity index (χ0) is 23.0. The Bertz CT molecular complexity index is 1080. The molecule has 4 nitrogen and oxygen atoms in total. The van der Waals surface area contributed by atoms with Crippen LogP contribution in [0.25, 0.3) is 0 Å². The third-order valence-corrected chi connectivity index (χ3v) is 6.32. The van der Waals surface area contributed by atoms with Gasteiger partial charge in [-0.05, 0) is 72.6 Å². The lowest BCUT2D eigenvalue weighted by atomic mass is 9.95. The molecule has 0 radical (unpaired) electrons. The number of nitrogens with zero attached hydrogens (tertiary/aromatic N) is 1. The molecule has 5 heteroatoms. The van der Waals surface area contributed by atoms with Gasteiger partial charge in [0.15, 0.2) is 0 Å². The van der Waals surface area contributed by atoms with Crippen LogP contribution in [0.2, 0.25) is 0 Å². The normalized spacial score (nSPS) is 12.9. The summed E-state index contributed by atoms with van der Waals surface area (Å²) < 4.78 is 14.4. The van der Waals surface area contributed by atoms with Crippen LogP contribution in [0.15, 0.2) is 66.7 Å². The van der Waals surface area contributed by atoms with Crippen molar-refractivity contribution < 1.29 is 14.3 Å². The van der Waals surface area contributed by atoms with E-state index in [1.54, 1.807) is 6.07 Å². The van der Waals surface area contributed by atoms with Gasteiger partial charge in [-0.15, -0.1) is 0 Å². The lowest BCUT2D eigenvalue weighted by molar-refractivity contribution is -0.136. The number of halogens is 1. The number of aliphatic carboxylic acids is 1. The predicted molar refractivity (Wildman–Crippen MR) is 131 cm³/mol. The van der Waals surface area contributed by atoms with Crippen molar-refractivity contribution in [3.8, 4) is 0 Å². The fourth-order valence-electron chi connectivity index (χ4n) is 4.59. The average molecular weight is 447 g/mol. The lowest BCUT2D eigenvalue weighted by Gasteiger charge is -2.33. The highest BCUT2D eigenvalue weighted by Crippen LogP contribution is 2.31. The van der Waals surface area contributed by atoms with Gasteiger partial charge in [-0.25, -0.2) is 4.39 Å². The first-order chi connectivity index (χ1) is 16.1. The molecule has 0 aromatic heterocycles. The molecule has 3 aromatic rings. The first-order valence-corrected chi connectivity index (χ1v) is 11.7. The highest BCUT2D eigenvalue weighted by atomic mass is 19.1. The van der Waals surface area contributed by atoms with Gasteiger partial charge >= 0.3 is 5.97 Å². The van der Waals surface area contributed by atoms with E-state index in [1.165, 1.54) is 28.4 Å². The van der Waals surface area contributed by atoms with Gasteiger partial charge in [0.05, 0.1) is 0 Å². The van der Waals surface area contributed by atoms with Gasteiger partial charge in [-0.2, -0.15) is 0 Å². The van der Waals surface area contributed by atoms with Crippen LogP contribution < -0.4 is 10.2 Å². The maximum absolute atomic E-state index is 14.4. The lowest BCUT2D eigenvalue weighted by Crippen LogP contribution is -2.31. The molecule has 172 valence electrons. The van der Waals surface area contributed by atoms with Gasteiger partial charge in [0.1, 0.15) is 5.82 Å². The zero-order valence-electron chi connectivity index (χ0n) is 18.9. The molecule has 4 rings (SSSR count). The van der Waals surface area contributed by atoms with Crippen LogP contribution in [0.1, 0.15) is 41.5 Å². The largest absolute Gasteiger partial charge is 0.481 e. The maximum Gasteiger partial charge on any atom is 0.303 e. The third-order valence-electron chi connectivity index (χ3n) is 6.32. The topological polar surface area (TPSA) is 52.6 Å². The fraction of sp³-hybridized carbons (Fsp3) is 0.321. The smallest absolute Gasteiger partial charge is 0.303 e. The summed E-state index contributed by atoms with van der Waals surface area (Å²) in [4.78, 5) is 13.2. The summed E-state index contributed by atoms with van der Waals surface area (Å²) in [6.45, 7) is 2.76. The predicted octanol–water partition coefficient (Wildman–Crippen LogP) is 5.84. The molecule has 1 heterocycles. The highest BCUT2D eigenvalue weighted by molar-refractivity contribution is 5.67. The molecule has 0 spiro atoms. The Morgan fingerprint density at radius 2 is 1.85 bits per heavy atom. The summed E-state index contributed by atoms with van der Waals surface area (Å²) >= 11 is 0. The van der Waals surface area contributed by atoms with E-state index in [2.05, 4.69) is 58.7 Å². The zero-order valence-corrected chi connectivity index (χ0v) is 18.9. The standard InChI is InChI=1S/C28H31FN2O2/c29-26-19-24(15-13-22(26)14-16-28(32)33)30-20-23-10-4-12-27-25(23)11-6-18-31(27)17-5-9-21-7-2-1-3-8-21/h1-4,7-8,10,12-13,15,19,30H,5-6,9,11,14,16-18,20H2,(H,32,33). The van der Waals surface area contributed by atoms with E-state index in [0.717, 1.165) is 38.8 Å². The van der Waals surface area contributed by atoms with Gasteiger partial charge in [-0.1, -0.05) is 48.5 Å². The van der Waals surface area contributed by atoms with Crippen molar-refractivity contribution in [3.05, 3.63) is 94.8 Å². The maximum atomic E-state index is 14.4. The number of nitrogens with one attached hydrogen (secondary N) is 1. The number of anilines is 2. The SMILES string of the molecule is O=C(O)CCc1ccc(NCc2cccc3c2CCCN3CCCc2ccccc2)cc1F. The number of carboxylic acids is 1. The second-order valence-corrected chi connectivity index (χ2v) is 8.65. The van der Waals surface area contributed by atoms with Gasteiger partial charge in [-0.3, -0.25) is 4.79 Å². The number of carbonyl (C=O) groups is 1. The van der Waals surface area contributed by atoms with E-state index >= 15 is 0 Å². The van der Waals surface area contributed by atoms with Crippen molar-refractivity contribution in [1.29, 1.82) is 0 Å². The van der Waals surface area contributed by atoms with Crippen molar-refractivity contribution in [2.24, 2.45) is 0 Å². The Morgan fingerprint density at radius 1 is 1.00 bits per heavy atom. The number of aryl methyl sites for hydroxylation is 2. The molecule has 0 amide bonds. The number of rotatable bonds is 10. The van der Waals surface area contributed by atoms with Gasteiger partial charge in [0.2, 0.25) is 0 Å². The molecule has 0 fully saturated rings. The van der Waals surface area contributed by atoms with E-state index in [-0.39, 0.29) is 18.7 Å². The molecule has 2 N–H and O–H groups in total. The molecule has 0 saturated heterocycles. The quantitative estimate of drug-likeness (QED) is 0.411. The van der Waals surface area contributed by atoms with Gasteiger partial charge in [0, 0.05) is 37.4 Å². The molecule has 1 aliphatic heterocycles. The van der Waals surface area contributed by atoms with Crippen LogP contribution in [-0.4, -0.2) is 24.2 Å². The Balaban J connectivity index is 1.38. The number of hydrogen-bond acceptors (Lipinski definition) is 3. The Morgan fingerprint density at radius 3 is 2.64 bits per heavy atom. The average Bonchev–Trinajstić information content (AvgIpc) is 2.83. The fourth-order valence-corrected chi connectivity index (χ4v) is 4.59. The van der Waals surface area contributed by atoms with E-state index in [0.29, 0.717) is 17.8 Å². The van der Waals surface area contributed by atoms with Gasteiger partial charge < -0.3 is 15.3 Å². The monoisotopic (exact) mass is 446 g/mol. The van der Waals surface area contributed by atoms with Crippen LogP contribution in [0, 0.1) is 5.82 Å². The van der Waals surface area contributed by atoms with E-state index < -0.39 is 5.97 Å². The molecule has 3 aromatic carbocycles. The van der Waals surface area contributed by atoms with Crippen molar-refractivity contribution in [1.82, 2.24) is 0 Å². The minimum Gasteiger partial charge on any atom is -0.481 e. The molecule has 0 aliphatic carbocycles. The van der Waals surface area contributed by atoms with Crippen molar-refractivity contribution in [3.63, 3.8) is 0 Å². The Labute approximate surface area is 195 Å². The van der Waals surface area contributed by atoms with Crippen LogP contribution in [-0.2, 0) is 30.6 Å². The molecular weight excluding hydrogens is 415 g/mol. The molecule has 0 bridgehead atoms. The Hall–Kier alpha value is -3.34. The van der Waals surface area contributed by atoms with E-state index in [4.69, 9.17) is 5.11 Å². The number of carboxylic acid groups (broad SMARTS) is 1. The highest BCUT2D eigenvalue weighted by Gasteiger charge is 2.19. The Kier molecular flexibility index (Phi) is 7.61. The second-order valence-electron chi connectivity index (χ2n) is 8.65. The molecule has 33 heavy (non-hydrogen) atoms. The summed E-state index contributed by atoms with van der Waals surface area (Å²) in [6, 6.07) is 22.1.